The molecule has 2 heterocycles. The summed E-state index contributed by atoms with van der Waals surface area (Å²) >= 11 is 1.32. The van der Waals surface area contributed by atoms with Gasteiger partial charge in [-0.25, -0.2) is 4.98 Å². The van der Waals surface area contributed by atoms with E-state index in [0.717, 1.165) is 0 Å². The highest BCUT2D eigenvalue weighted by molar-refractivity contribution is 7.15. The van der Waals surface area contributed by atoms with Crippen LogP contribution in [0.2, 0.25) is 0 Å². The highest BCUT2D eigenvalue weighted by Gasteiger charge is 2.21. The van der Waals surface area contributed by atoms with E-state index < -0.39 is 17.9 Å². The lowest BCUT2D eigenvalue weighted by Crippen LogP contribution is -2.38. The maximum absolute atomic E-state index is 11.9. The fraction of sp³-hybridized carbons (Fsp3) is 0.250. The summed E-state index contributed by atoms with van der Waals surface area (Å²) in [5.74, 6) is -1.01. The molecule has 2 rings (SSSR count). The van der Waals surface area contributed by atoms with Crippen molar-refractivity contribution < 1.29 is 19.1 Å². The lowest BCUT2D eigenvalue weighted by molar-refractivity contribution is -0.138. The number of thiazole rings is 1. The Morgan fingerprint density at radius 3 is 2.84 bits per heavy atom. The predicted octanol–water partition coefficient (Wildman–Crippen LogP) is 1.91. The number of carboxylic acids is 1. The average Bonchev–Trinajstić information content (AvgIpc) is 2.96. The van der Waals surface area contributed by atoms with Crippen molar-refractivity contribution in [3.8, 4) is 10.8 Å². The fourth-order valence-electron chi connectivity index (χ4n) is 1.44. The quantitative estimate of drug-likeness (QED) is 0.892. The molecule has 1 atom stereocenters. The van der Waals surface area contributed by atoms with Crippen molar-refractivity contribution in [1.82, 2.24) is 10.3 Å². The number of nitrogens with zero attached hydrogens (tertiary/aromatic N) is 1. The number of aliphatic carboxylic acids is 1. The zero-order chi connectivity index (χ0) is 14.0. The summed E-state index contributed by atoms with van der Waals surface area (Å²) in [7, 11) is 0. The van der Waals surface area contributed by atoms with E-state index in [0.29, 0.717) is 15.6 Å². The monoisotopic (exact) mass is 280 g/mol. The second kappa shape index (κ2) is 5.23. The summed E-state index contributed by atoms with van der Waals surface area (Å²) in [4.78, 5) is 27.5. The van der Waals surface area contributed by atoms with Crippen molar-refractivity contribution in [2.24, 2.45) is 0 Å². The zero-order valence-corrected chi connectivity index (χ0v) is 11.2. The van der Waals surface area contributed by atoms with E-state index in [9.17, 15) is 9.59 Å². The van der Waals surface area contributed by atoms with E-state index in [1.54, 1.807) is 19.1 Å². The lowest BCUT2D eigenvalue weighted by Gasteiger charge is -2.07. The molecule has 2 N–H and O–H groups in total. The topological polar surface area (TPSA) is 92.4 Å². The second-order valence-corrected chi connectivity index (χ2v) is 5.14. The third kappa shape index (κ3) is 2.82. The predicted molar refractivity (Wildman–Crippen MR) is 69.1 cm³/mol. The van der Waals surface area contributed by atoms with E-state index in [2.05, 4.69) is 10.3 Å². The third-order valence-electron chi connectivity index (χ3n) is 2.46. The van der Waals surface area contributed by atoms with Gasteiger partial charge in [0.15, 0.2) is 10.8 Å². The number of carbonyl (C=O) groups is 2. The van der Waals surface area contributed by atoms with Gasteiger partial charge in [0.2, 0.25) is 0 Å². The summed E-state index contributed by atoms with van der Waals surface area (Å²) in [6, 6.07) is 2.53. The van der Waals surface area contributed by atoms with E-state index in [1.807, 2.05) is 0 Å². The first-order chi connectivity index (χ1) is 8.99. The average molecular weight is 280 g/mol. The highest BCUT2D eigenvalue weighted by Crippen LogP contribution is 2.27. The number of hydrogen-bond acceptors (Lipinski definition) is 5. The molecule has 0 aromatic carbocycles. The van der Waals surface area contributed by atoms with Crippen molar-refractivity contribution in [2.45, 2.75) is 19.9 Å². The number of aromatic nitrogens is 1. The third-order valence-corrected chi connectivity index (χ3v) is 3.45. The normalized spacial score (nSPS) is 12.1. The first kappa shape index (κ1) is 13.3. The highest BCUT2D eigenvalue weighted by atomic mass is 32.1. The molecule has 0 fully saturated rings. The Labute approximate surface area is 113 Å². The molecule has 2 aromatic rings. The molecule has 0 spiro atoms. The number of furan rings is 1. The number of carboxylic acid groups (broad SMARTS) is 1. The largest absolute Gasteiger partial charge is 0.480 e. The van der Waals surface area contributed by atoms with E-state index in [-0.39, 0.29) is 5.69 Å². The maximum Gasteiger partial charge on any atom is 0.325 e. The van der Waals surface area contributed by atoms with Gasteiger partial charge in [0.1, 0.15) is 11.7 Å². The summed E-state index contributed by atoms with van der Waals surface area (Å²) in [6.45, 7) is 3.15. The van der Waals surface area contributed by atoms with Crippen LogP contribution in [-0.2, 0) is 4.79 Å². The number of rotatable bonds is 4. The molecule has 6 nitrogen and oxygen atoms in total. The molecule has 0 aliphatic rings. The Kier molecular flexibility index (Phi) is 3.66. The summed E-state index contributed by atoms with van der Waals surface area (Å²) in [5, 5.41) is 11.7. The Morgan fingerprint density at radius 2 is 2.26 bits per heavy atom. The molecular weight excluding hydrogens is 268 g/mol. The van der Waals surface area contributed by atoms with Gasteiger partial charge in [0.25, 0.3) is 5.91 Å². The van der Waals surface area contributed by atoms with Crippen LogP contribution in [0.1, 0.15) is 22.3 Å². The summed E-state index contributed by atoms with van der Waals surface area (Å²) < 4.78 is 5.21. The number of carbonyl (C=O) groups excluding carboxylic acids is 1. The van der Waals surface area contributed by atoms with Crippen LogP contribution >= 0.6 is 11.3 Å². The Balaban J connectivity index is 2.21. The van der Waals surface area contributed by atoms with Crippen LogP contribution in [0.4, 0.5) is 0 Å². The van der Waals surface area contributed by atoms with Crippen LogP contribution < -0.4 is 5.32 Å². The number of amides is 1. The molecule has 0 aliphatic heterocycles. The minimum Gasteiger partial charge on any atom is -0.480 e. The Hall–Kier alpha value is -2.15. The summed E-state index contributed by atoms with van der Waals surface area (Å²) in [5.41, 5.74) is 0.226. The minimum atomic E-state index is -1.09. The van der Waals surface area contributed by atoms with E-state index in [4.69, 9.17) is 9.52 Å². The van der Waals surface area contributed by atoms with Crippen molar-refractivity contribution in [2.75, 3.05) is 0 Å². The first-order valence-electron chi connectivity index (χ1n) is 5.54. The van der Waals surface area contributed by atoms with Gasteiger partial charge in [-0.05, 0) is 26.0 Å². The van der Waals surface area contributed by atoms with Crippen LogP contribution in [0, 0.1) is 6.92 Å². The van der Waals surface area contributed by atoms with Gasteiger partial charge in [-0.15, -0.1) is 11.3 Å². The van der Waals surface area contributed by atoms with Crippen LogP contribution in [0.15, 0.2) is 22.8 Å². The van der Waals surface area contributed by atoms with Gasteiger partial charge in [-0.1, -0.05) is 0 Å². The number of hydrogen-bond donors (Lipinski definition) is 2. The molecule has 19 heavy (non-hydrogen) atoms. The van der Waals surface area contributed by atoms with Crippen LogP contribution in [0.5, 0.6) is 0 Å². The lowest BCUT2D eigenvalue weighted by atomic mass is 10.3. The van der Waals surface area contributed by atoms with Crippen LogP contribution in [0.3, 0.4) is 0 Å². The molecular formula is C12H12N2O4S. The molecule has 2 aromatic heterocycles. The van der Waals surface area contributed by atoms with Gasteiger partial charge < -0.3 is 14.8 Å². The molecule has 0 saturated heterocycles. The van der Waals surface area contributed by atoms with Gasteiger partial charge in [-0.3, -0.25) is 9.59 Å². The maximum atomic E-state index is 11.9. The standard InChI is InChI=1S/C12H12N2O4S/c1-6(12(16)17)13-10(15)9-7(2)19-11(14-9)8-4-3-5-18-8/h3-6H,1-2H3,(H,13,15)(H,16,17)/t6-/m0/s1. The van der Waals surface area contributed by atoms with Crippen LogP contribution in [0.25, 0.3) is 10.8 Å². The Bertz CT molecular complexity index is 603. The SMILES string of the molecule is Cc1sc(-c2ccco2)nc1C(=O)N[C@@H](C)C(=O)O. The molecule has 0 bridgehead atoms. The van der Waals surface area contributed by atoms with Gasteiger partial charge in [0.05, 0.1) is 6.26 Å². The summed E-state index contributed by atoms with van der Waals surface area (Å²) in [6.07, 6.45) is 1.53. The van der Waals surface area contributed by atoms with Crippen molar-refractivity contribution in [3.63, 3.8) is 0 Å². The molecule has 7 heteroatoms. The first-order valence-corrected chi connectivity index (χ1v) is 6.35. The fourth-order valence-corrected chi connectivity index (χ4v) is 2.32. The molecule has 100 valence electrons. The van der Waals surface area contributed by atoms with Gasteiger partial charge >= 0.3 is 5.97 Å². The van der Waals surface area contributed by atoms with Crippen molar-refractivity contribution >= 4 is 23.2 Å². The van der Waals surface area contributed by atoms with E-state index in [1.165, 1.54) is 24.5 Å². The molecule has 0 radical (unpaired) electrons. The number of nitrogens with one attached hydrogen (secondary N) is 1. The van der Waals surface area contributed by atoms with Gasteiger partial charge in [-0.2, -0.15) is 0 Å². The van der Waals surface area contributed by atoms with Crippen LogP contribution in [-0.4, -0.2) is 28.0 Å². The second-order valence-electron chi connectivity index (χ2n) is 3.93. The van der Waals surface area contributed by atoms with Gasteiger partial charge in [0, 0.05) is 4.88 Å². The van der Waals surface area contributed by atoms with Crippen molar-refractivity contribution in [1.29, 1.82) is 0 Å². The smallest absolute Gasteiger partial charge is 0.325 e. The molecule has 0 aliphatic carbocycles. The number of aryl methyl sites for hydroxylation is 1. The Morgan fingerprint density at radius 1 is 1.53 bits per heavy atom. The van der Waals surface area contributed by atoms with Crippen molar-refractivity contribution in [3.05, 3.63) is 29.0 Å². The molecule has 1 amide bonds. The van der Waals surface area contributed by atoms with E-state index >= 15 is 0 Å². The molecule has 0 saturated carbocycles. The zero-order valence-electron chi connectivity index (χ0n) is 10.3. The molecule has 0 unspecified atom stereocenters. The minimum absolute atomic E-state index is 0.226.